The van der Waals surface area contributed by atoms with Gasteiger partial charge in [-0.25, -0.2) is 0 Å². The number of nitrogens with zero attached hydrogens (tertiary/aromatic N) is 1. The monoisotopic (exact) mass is 267 g/mol. The molecule has 0 fully saturated rings. The van der Waals surface area contributed by atoms with Crippen LogP contribution in [0.5, 0.6) is 5.75 Å². The van der Waals surface area contributed by atoms with E-state index in [9.17, 15) is 8.78 Å². The first-order valence-electron chi connectivity index (χ1n) is 5.91. The zero-order valence-electron chi connectivity index (χ0n) is 10.4. The van der Waals surface area contributed by atoms with Gasteiger partial charge < -0.3 is 10.1 Å². The van der Waals surface area contributed by atoms with E-state index in [4.69, 9.17) is 0 Å². The number of benzene rings is 1. The molecule has 0 amide bonds. The van der Waals surface area contributed by atoms with Crippen LogP contribution in [0.2, 0.25) is 0 Å². The Kier molecular flexibility index (Phi) is 4.46. The molecule has 0 saturated heterocycles. The van der Waals surface area contributed by atoms with E-state index in [1.54, 1.807) is 18.3 Å². The molecule has 0 aliphatic carbocycles. The number of aromatic nitrogens is 2. The van der Waals surface area contributed by atoms with Crippen LogP contribution in [0.15, 0.2) is 36.5 Å². The molecule has 2 rings (SSSR count). The lowest BCUT2D eigenvalue weighted by Crippen LogP contribution is -2.18. The molecule has 1 aromatic carbocycles. The molecule has 0 spiro atoms. The van der Waals surface area contributed by atoms with E-state index < -0.39 is 6.61 Å². The standard InChI is InChI=1S/C13H15F2N3O/c1-9(12-6-7-17-18-12)16-8-10-2-4-11(5-3-10)19-13(14)15/h2-7,9,13,16H,8H2,1H3,(H,17,18). The normalized spacial score (nSPS) is 12.6. The lowest BCUT2D eigenvalue weighted by atomic mass is 10.2. The van der Waals surface area contributed by atoms with Crippen molar-refractivity contribution in [3.8, 4) is 5.75 Å². The molecule has 1 aromatic heterocycles. The van der Waals surface area contributed by atoms with Crippen LogP contribution in [-0.4, -0.2) is 16.8 Å². The van der Waals surface area contributed by atoms with Gasteiger partial charge >= 0.3 is 6.61 Å². The third-order valence-electron chi connectivity index (χ3n) is 2.75. The van der Waals surface area contributed by atoms with Gasteiger partial charge in [-0.1, -0.05) is 12.1 Å². The van der Waals surface area contributed by atoms with Crippen molar-refractivity contribution in [1.29, 1.82) is 0 Å². The molecule has 0 aliphatic rings. The molecule has 1 heterocycles. The Bertz CT molecular complexity index is 485. The van der Waals surface area contributed by atoms with E-state index in [1.807, 2.05) is 13.0 Å². The second-order valence-electron chi connectivity index (χ2n) is 4.14. The summed E-state index contributed by atoms with van der Waals surface area (Å²) in [4.78, 5) is 0. The molecule has 2 N–H and O–H groups in total. The van der Waals surface area contributed by atoms with E-state index in [0.29, 0.717) is 6.54 Å². The van der Waals surface area contributed by atoms with Crippen molar-refractivity contribution in [3.63, 3.8) is 0 Å². The minimum absolute atomic E-state index is 0.138. The summed E-state index contributed by atoms with van der Waals surface area (Å²) in [7, 11) is 0. The van der Waals surface area contributed by atoms with Gasteiger partial charge in [0.1, 0.15) is 5.75 Å². The van der Waals surface area contributed by atoms with Crippen LogP contribution in [-0.2, 0) is 6.54 Å². The molecule has 19 heavy (non-hydrogen) atoms. The van der Waals surface area contributed by atoms with Gasteiger partial charge in [0.25, 0.3) is 0 Å². The third-order valence-corrected chi connectivity index (χ3v) is 2.75. The first-order valence-corrected chi connectivity index (χ1v) is 5.91. The molecule has 4 nitrogen and oxygen atoms in total. The van der Waals surface area contributed by atoms with Crippen molar-refractivity contribution in [2.24, 2.45) is 0 Å². The summed E-state index contributed by atoms with van der Waals surface area (Å²) in [6.07, 6.45) is 1.70. The average molecular weight is 267 g/mol. The molecule has 0 bridgehead atoms. The highest BCUT2D eigenvalue weighted by Gasteiger charge is 2.06. The summed E-state index contributed by atoms with van der Waals surface area (Å²) in [6, 6.07) is 8.61. The van der Waals surface area contributed by atoms with E-state index in [-0.39, 0.29) is 11.8 Å². The predicted octanol–water partition coefficient (Wildman–Crippen LogP) is 2.86. The topological polar surface area (TPSA) is 49.9 Å². The van der Waals surface area contributed by atoms with Crippen LogP contribution < -0.4 is 10.1 Å². The fourth-order valence-electron chi connectivity index (χ4n) is 1.68. The van der Waals surface area contributed by atoms with Gasteiger partial charge in [-0.2, -0.15) is 13.9 Å². The van der Waals surface area contributed by atoms with Gasteiger partial charge in [0.15, 0.2) is 0 Å². The molecule has 1 unspecified atom stereocenters. The van der Waals surface area contributed by atoms with Crippen LogP contribution in [0.25, 0.3) is 0 Å². The number of halogens is 2. The second-order valence-corrected chi connectivity index (χ2v) is 4.14. The largest absolute Gasteiger partial charge is 0.435 e. The summed E-state index contributed by atoms with van der Waals surface area (Å²) < 4.78 is 28.3. The quantitative estimate of drug-likeness (QED) is 0.846. The van der Waals surface area contributed by atoms with Gasteiger partial charge in [-0.3, -0.25) is 5.10 Å². The van der Waals surface area contributed by atoms with Crippen LogP contribution in [0, 0.1) is 0 Å². The molecule has 102 valence electrons. The second kappa shape index (κ2) is 6.29. The van der Waals surface area contributed by atoms with E-state index >= 15 is 0 Å². The Morgan fingerprint density at radius 2 is 2.00 bits per heavy atom. The highest BCUT2D eigenvalue weighted by Crippen LogP contribution is 2.15. The van der Waals surface area contributed by atoms with Crippen LogP contribution >= 0.6 is 0 Å². The Hall–Kier alpha value is -1.95. The minimum atomic E-state index is -2.79. The Morgan fingerprint density at radius 3 is 2.58 bits per heavy atom. The lowest BCUT2D eigenvalue weighted by molar-refractivity contribution is -0.0498. The maximum Gasteiger partial charge on any atom is 0.387 e. The number of hydrogen-bond donors (Lipinski definition) is 2. The van der Waals surface area contributed by atoms with Crippen molar-refractivity contribution in [2.75, 3.05) is 0 Å². The fraction of sp³-hybridized carbons (Fsp3) is 0.308. The minimum Gasteiger partial charge on any atom is -0.435 e. The number of alkyl halides is 2. The Labute approximate surface area is 109 Å². The molecule has 0 saturated carbocycles. The van der Waals surface area contributed by atoms with Gasteiger partial charge in [-0.05, 0) is 30.7 Å². The molecule has 0 radical (unpaired) electrons. The Balaban J connectivity index is 1.86. The van der Waals surface area contributed by atoms with Gasteiger partial charge in [-0.15, -0.1) is 0 Å². The molecule has 1 atom stereocenters. The SMILES string of the molecule is CC(NCc1ccc(OC(F)F)cc1)c1ccn[nH]1. The smallest absolute Gasteiger partial charge is 0.387 e. The molecule has 6 heteroatoms. The van der Waals surface area contributed by atoms with Crippen LogP contribution in [0.4, 0.5) is 8.78 Å². The van der Waals surface area contributed by atoms with Crippen LogP contribution in [0.1, 0.15) is 24.2 Å². The number of ether oxygens (including phenoxy) is 1. The van der Waals surface area contributed by atoms with Crippen molar-refractivity contribution < 1.29 is 13.5 Å². The van der Waals surface area contributed by atoms with Crippen molar-refractivity contribution >= 4 is 0 Å². The number of aromatic amines is 1. The molecule has 0 aliphatic heterocycles. The summed E-state index contributed by atoms with van der Waals surface area (Å²) in [5, 5.41) is 10.1. The zero-order chi connectivity index (χ0) is 13.7. The first kappa shape index (κ1) is 13.5. The highest BCUT2D eigenvalue weighted by atomic mass is 19.3. The number of nitrogens with one attached hydrogen (secondary N) is 2. The highest BCUT2D eigenvalue weighted by molar-refractivity contribution is 5.27. The summed E-state index contributed by atoms with van der Waals surface area (Å²) in [5.41, 5.74) is 1.99. The number of rotatable bonds is 6. The third kappa shape index (κ3) is 4.03. The van der Waals surface area contributed by atoms with Crippen LogP contribution in [0.3, 0.4) is 0 Å². The fourth-order valence-corrected chi connectivity index (χ4v) is 1.68. The van der Waals surface area contributed by atoms with Crippen molar-refractivity contribution in [3.05, 3.63) is 47.8 Å². The van der Waals surface area contributed by atoms with Gasteiger partial charge in [0.05, 0.1) is 5.69 Å². The predicted molar refractivity (Wildman–Crippen MR) is 66.9 cm³/mol. The summed E-state index contributed by atoms with van der Waals surface area (Å²) in [5.74, 6) is 0.167. The summed E-state index contributed by atoms with van der Waals surface area (Å²) >= 11 is 0. The first-order chi connectivity index (χ1) is 9.15. The number of H-pyrrole nitrogens is 1. The van der Waals surface area contributed by atoms with E-state index in [1.165, 1.54) is 12.1 Å². The molecular formula is C13H15F2N3O. The number of hydrogen-bond acceptors (Lipinski definition) is 3. The van der Waals surface area contributed by atoms with Crippen molar-refractivity contribution in [2.45, 2.75) is 26.1 Å². The zero-order valence-corrected chi connectivity index (χ0v) is 10.4. The summed E-state index contributed by atoms with van der Waals surface area (Å²) in [6.45, 7) is -0.138. The van der Waals surface area contributed by atoms with Gasteiger partial charge in [0, 0.05) is 18.8 Å². The maximum atomic E-state index is 12.0. The lowest BCUT2D eigenvalue weighted by Gasteiger charge is -2.12. The molecule has 2 aromatic rings. The maximum absolute atomic E-state index is 12.0. The van der Waals surface area contributed by atoms with Gasteiger partial charge in [0.2, 0.25) is 0 Å². The molecular weight excluding hydrogens is 252 g/mol. The van der Waals surface area contributed by atoms with Crippen molar-refractivity contribution in [1.82, 2.24) is 15.5 Å². The van der Waals surface area contributed by atoms with E-state index in [2.05, 4.69) is 20.3 Å². The Morgan fingerprint density at radius 1 is 1.26 bits per heavy atom. The van der Waals surface area contributed by atoms with E-state index in [0.717, 1.165) is 11.3 Å². The average Bonchev–Trinajstić information content (AvgIpc) is 2.91.